The SMILES string of the molecule is [C-]#[N+]c1ccc(-c2nn(Cc3ccc(C#CC4CCN(C5CCN(c6ccc7c(c6)C(=O)N(C6CCC(=O)NC6=O)C7=O)CC5)CC4)cc3)c(C)c2C)cc1Cl. The van der Waals surface area contributed by atoms with Gasteiger partial charge in [0.1, 0.15) is 6.04 Å². The molecule has 1 unspecified atom stereocenters. The molecule has 0 aliphatic carbocycles. The largest absolute Gasteiger partial charge is 0.371 e. The maximum absolute atomic E-state index is 13.3. The fraction of sp³-hybridized carbons (Fsp3) is 0.364. The molecule has 1 aromatic heterocycles. The van der Waals surface area contributed by atoms with E-state index in [1.165, 1.54) is 0 Å². The van der Waals surface area contributed by atoms with E-state index in [1.807, 2.05) is 22.9 Å². The first-order valence-electron chi connectivity index (χ1n) is 19.2. The number of hydrogen-bond acceptors (Lipinski definition) is 7. The molecule has 5 heterocycles. The Kier molecular flexibility index (Phi) is 10.2. The zero-order valence-electron chi connectivity index (χ0n) is 31.5. The number of rotatable bonds is 6. The summed E-state index contributed by atoms with van der Waals surface area (Å²) in [7, 11) is 0. The Hall–Kier alpha value is -5.75. The van der Waals surface area contributed by atoms with Crippen LogP contribution in [-0.2, 0) is 16.1 Å². The van der Waals surface area contributed by atoms with Crippen molar-refractivity contribution in [3.05, 3.63) is 111 Å². The number of nitrogens with one attached hydrogen (secondary N) is 1. The lowest BCUT2D eigenvalue weighted by Gasteiger charge is -2.42. The third-order valence-corrected chi connectivity index (χ3v) is 12.2. The van der Waals surface area contributed by atoms with Gasteiger partial charge in [0.2, 0.25) is 17.5 Å². The number of piperidine rings is 3. The van der Waals surface area contributed by atoms with Crippen LogP contribution in [0.25, 0.3) is 16.1 Å². The molecule has 12 heteroatoms. The minimum atomic E-state index is -0.964. The van der Waals surface area contributed by atoms with Crippen LogP contribution in [0.5, 0.6) is 0 Å². The number of hydrogen-bond donors (Lipinski definition) is 1. The van der Waals surface area contributed by atoms with Crippen LogP contribution in [0, 0.1) is 38.2 Å². The van der Waals surface area contributed by atoms with E-state index in [-0.39, 0.29) is 18.7 Å². The fourth-order valence-corrected chi connectivity index (χ4v) is 8.64. The molecule has 0 saturated carbocycles. The van der Waals surface area contributed by atoms with E-state index < -0.39 is 23.8 Å². The number of aromatic nitrogens is 2. The number of benzene rings is 3. The standard InChI is InChI=1S/C44H42ClN7O4/c1-27-28(2)51(48-41(27)32-10-13-38(46-3)37(45)24-32)26-31-8-6-29(7-9-31)4-5-30-16-20-49(21-17-30)33-18-22-50(23-19-33)34-11-12-35-36(25-34)44(56)52(43(35)55)39-14-15-40(53)47-42(39)54/h6-13,24-25,30,33,39H,14-23,26H2,1-2H3,(H,47,53,54). The molecule has 4 aliphatic rings. The highest BCUT2D eigenvalue weighted by Crippen LogP contribution is 2.34. The van der Waals surface area contributed by atoms with Gasteiger partial charge in [0, 0.05) is 59.0 Å². The highest BCUT2D eigenvalue weighted by molar-refractivity contribution is 6.33. The Bertz CT molecular complexity index is 2350. The van der Waals surface area contributed by atoms with Gasteiger partial charge >= 0.3 is 0 Å². The van der Waals surface area contributed by atoms with Crippen LogP contribution < -0.4 is 10.2 Å². The molecule has 4 aromatic rings. The third kappa shape index (κ3) is 7.21. The molecule has 11 nitrogen and oxygen atoms in total. The minimum absolute atomic E-state index is 0.0987. The van der Waals surface area contributed by atoms with Crippen LogP contribution in [0.2, 0.25) is 5.02 Å². The second-order valence-electron chi connectivity index (χ2n) is 15.2. The van der Waals surface area contributed by atoms with Crippen LogP contribution >= 0.6 is 11.6 Å². The van der Waals surface area contributed by atoms with Gasteiger partial charge in [-0.1, -0.05) is 47.7 Å². The van der Waals surface area contributed by atoms with Gasteiger partial charge in [0.25, 0.3) is 11.8 Å². The summed E-state index contributed by atoms with van der Waals surface area (Å²) >= 11 is 6.31. The van der Waals surface area contributed by atoms with Gasteiger partial charge in [-0.05, 0) is 107 Å². The molecule has 8 rings (SSSR count). The summed E-state index contributed by atoms with van der Waals surface area (Å²) in [6.07, 6.45) is 4.36. The summed E-state index contributed by atoms with van der Waals surface area (Å²) in [6, 6.07) is 18.8. The van der Waals surface area contributed by atoms with E-state index in [9.17, 15) is 19.2 Å². The summed E-state index contributed by atoms with van der Waals surface area (Å²) in [5, 5.41) is 7.57. The summed E-state index contributed by atoms with van der Waals surface area (Å²) in [4.78, 5) is 59.9. The first-order chi connectivity index (χ1) is 27.1. The number of likely N-dealkylation sites (tertiary alicyclic amines) is 1. The Morgan fingerprint density at radius 2 is 1.61 bits per heavy atom. The molecule has 1 N–H and O–H groups in total. The fourth-order valence-electron chi connectivity index (χ4n) is 8.41. The molecular formula is C44H42ClN7O4. The molecule has 56 heavy (non-hydrogen) atoms. The molecule has 4 amide bonds. The van der Waals surface area contributed by atoms with Crippen LogP contribution in [0.1, 0.15) is 81.6 Å². The van der Waals surface area contributed by atoms with Gasteiger partial charge in [-0.2, -0.15) is 5.10 Å². The van der Waals surface area contributed by atoms with Crippen molar-refractivity contribution in [2.24, 2.45) is 5.92 Å². The smallest absolute Gasteiger partial charge is 0.262 e. The van der Waals surface area contributed by atoms with Gasteiger partial charge in [-0.15, -0.1) is 0 Å². The molecule has 4 aliphatic heterocycles. The molecular weight excluding hydrogens is 726 g/mol. The lowest BCUT2D eigenvalue weighted by molar-refractivity contribution is -0.136. The molecule has 0 radical (unpaired) electrons. The van der Waals surface area contributed by atoms with Gasteiger partial charge < -0.3 is 9.80 Å². The lowest BCUT2D eigenvalue weighted by atomic mass is 9.93. The molecule has 3 aromatic carbocycles. The van der Waals surface area contributed by atoms with Gasteiger partial charge in [-0.3, -0.25) is 34.1 Å². The topological polar surface area (TPSA) is 112 Å². The molecule has 1 atom stereocenters. The van der Waals surface area contributed by atoms with E-state index in [2.05, 4.69) is 69.9 Å². The summed E-state index contributed by atoms with van der Waals surface area (Å²) < 4.78 is 2.01. The number of carbonyl (C=O) groups is 4. The van der Waals surface area contributed by atoms with Crippen LogP contribution in [-0.4, -0.2) is 81.5 Å². The normalized spacial score (nSPS) is 19.4. The van der Waals surface area contributed by atoms with Crippen molar-refractivity contribution in [2.75, 3.05) is 31.1 Å². The van der Waals surface area contributed by atoms with E-state index >= 15 is 0 Å². The number of fused-ring (bicyclic) bond motifs is 1. The first kappa shape index (κ1) is 37.2. The van der Waals surface area contributed by atoms with Crippen molar-refractivity contribution in [3.8, 4) is 23.1 Å². The maximum Gasteiger partial charge on any atom is 0.262 e. The Labute approximate surface area is 331 Å². The van der Waals surface area contributed by atoms with E-state index in [0.717, 1.165) is 96.1 Å². The van der Waals surface area contributed by atoms with Crippen LogP contribution in [0.3, 0.4) is 0 Å². The molecule has 0 spiro atoms. The quantitative estimate of drug-likeness (QED) is 0.135. The number of anilines is 1. The van der Waals surface area contributed by atoms with Gasteiger partial charge in [0.05, 0.1) is 29.9 Å². The number of halogens is 1. The number of nitrogens with zero attached hydrogens (tertiary/aromatic N) is 6. The average Bonchev–Trinajstić information content (AvgIpc) is 3.63. The number of carbonyl (C=O) groups excluding carboxylic acids is 4. The highest BCUT2D eigenvalue weighted by atomic mass is 35.5. The summed E-state index contributed by atoms with van der Waals surface area (Å²) in [5.74, 6) is 5.39. The molecule has 0 bridgehead atoms. The Morgan fingerprint density at radius 3 is 2.30 bits per heavy atom. The van der Waals surface area contributed by atoms with Gasteiger partial charge in [0.15, 0.2) is 0 Å². The number of amides is 4. The predicted molar refractivity (Wildman–Crippen MR) is 213 cm³/mol. The van der Waals surface area contributed by atoms with Crippen molar-refractivity contribution < 1.29 is 19.2 Å². The van der Waals surface area contributed by atoms with Gasteiger partial charge in [-0.25, -0.2) is 4.85 Å². The summed E-state index contributed by atoms with van der Waals surface area (Å²) in [6.45, 7) is 15.8. The first-order valence-corrected chi connectivity index (χ1v) is 19.6. The predicted octanol–water partition coefficient (Wildman–Crippen LogP) is 6.55. The van der Waals surface area contributed by atoms with Crippen molar-refractivity contribution in [3.63, 3.8) is 0 Å². The lowest BCUT2D eigenvalue weighted by Crippen LogP contribution is -2.54. The molecule has 284 valence electrons. The zero-order chi connectivity index (χ0) is 39.1. The van der Waals surface area contributed by atoms with Crippen molar-refractivity contribution >= 4 is 46.6 Å². The maximum atomic E-state index is 13.3. The summed E-state index contributed by atoms with van der Waals surface area (Å²) in [5.41, 5.74) is 8.07. The van der Waals surface area contributed by atoms with E-state index in [0.29, 0.717) is 40.3 Å². The highest BCUT2D eigenvalue weighted by Gasteiger charge is 2.45. The average molecular weight is 768 g/mol. The van der Waals surface area contributed by atoms with Crippen LogP contribution in [0.4, 0.5) is 11.4 Å². The van der Waals surface area contributed by atoms with Crippen molar-refractivity contribution in [1.29, 1.82) is 0 Å². The minimum Gasteiger partial charge on any atom is -0.371 e. The van der Waals surface area contributed by atoms with Crippen molar-refractivity contribution in [2.45, 2.75) is 71.0 Å². The monoisotopic (exact) mass is 767 g/mol. The third-order valence-electron chi connectivity index (χ3n) is 11.9. The second kappa shape index (κ2) is 15.4. The Morgan fingerprint density at radius 1 is 0.875 bits per heavy atom. The van der Waals surface area contributed by atoms with E-state index in [4.69, 9.17) is 23.3 Å². The second-order valence-corrected chi connectivity index (χ2v) is 15.6. The van der Waals surface area contributed by atoms with E-state index in [1.54, 1.807) is 18.2 Å². The molecule has 3 saturated heterocycles. The zero-order valence-corrected chi connectivity index (χ0v) is 32.2. The molecule has 3 fully saturated rings. The van der Waals surface area contributed by atoms with Crippen molar-refractivity contribution in [1.82, 2.24) is 24.9 Å². The Balaban J connectivity index is 0.816. The van der Waals surface area contributed by atoms with Crippen LogP contribution in [0.15, 0.2) is 60.7 Å². The number of imide groups is 2.